The summed E-state index contributed by atoms with van der Waals surface area (Å²) in [6.07, 6.45) is 0. The smallest absolute Gasteiger partial charge is 0.217 e. The van der Waals surface area contributed by atoms with Crippen molar-refractivity contribution in [1.29, 1.82) is 0 Å². The van der Waals surface area contributed by atoms with Crippen molar-refractivity contribution in [1.82, 2.24) is 0 Å². The first-order valence-corrected chi connectivity index (χ1v) is 5.93. The summed E-state index contributed by atoms with van der Waals surface area (Å²) in [6.45, 7) is 10.5. The number of quaternary nitrogens is 1. The maximum atomic E-state index is 9.22. The van der Waals surface area contributed by atoms with Gasteiger partial charge in [0.1, 0.15) is 0 Å². The van der Waals surface area contributed by atoms with Crippen LogP contribution in [0.5, 0.6) is 0 Å². The van der Waals surface area contributed by atoms with Crippen molar-refractivity contribution in [3.05, 3.63) is 0 Å². The second-order valence-corrected chi connectivity index (χ2v) is 4.29. The first kappa shape index (κ1) is 16.3. The normalized spacial score (nSPS) is 11.9. The second kappa shape index (κ2) is 7.17. The van der Waals surface area contributed by atoms with Crippen LogP contribution >= 0.6 is 0 Å². The standard InChI is InChI=1S/C7H18N.CH4O4S/c1-5-8(4,6-2)7-3;1-5-6(2,3)4/h5-7H2,1-4H3;1H3,(H,2,3,4)/q+1;/p-1. The Morgan fingerprint density at radius 3 is 1.36 bits per heavy atom. The van der Waals surface area contributed by atoms with E-state index in [1.165, 1.54) is 24.1 Å². The minimum atomic E-state index is -4.41. The summed E-state index contributed by atoms with van der Waals surface area (Å²) in [7, 11) is -1.31. The molecule has 0 rings (SSSR count). The fourth-order valence-electron chi connectivity index (χ4n) is 0.671. The first-order valence-electron chi connectivity index (χ1n) is 4.59. The molecule has 0 aromatic heterocycles. The fourth-order valence-corrected chi connectivity index (χ4v) is 0.671. The molecule has 0 saturated heterocycles. The van der Waals surface area contributed by atoms with Crippen LogP contribution in [0.15, 0.2) is 0 Å². The summed E-state index contributed by atoms with van der Waals surface area (Å²) in [5.74, 6) is 0. The molecule has 0 amide bonds. The van der Waals surface area contributed by atoms with Gasteiger partial charge in [0.2, 0.25) is 10.4 Å². The van der Waals surface area contributed by atoms with Gasteiger partial charge in [-0.3, -0.25) is 4.18 Å². The van der Waals surface area contributed by atoms with Gasteiger partial charge in [-0.05, 0) is 20.8 Å². The van der Waals surface area contributed by atoms with Crippen molar-refractivity contribution in [3.63, 3.8) is 0 Å². The molecule has 5 nitrogen and oxygen atoms in total. The molecule has 6 heteroatoms. The molecule has 0 fully saturated rings. The number of hydrogen-bond donors (Lipinski definition) is 0. The Labute approximate surface area is 87.2 Å². The Bertz CT molecular complexity index is 213. The minimum Gasteiger partial charge on any atom is -0.726 e. The van der Waals surface area contributed by atoms with Crippen LogP contribution in [0.3, 0.4) is 0 Å². The van der Waals surface area contributed by atoms with E-state index in [-0.39, 0.29) is 0 Å². The highest BCUT2D eigenvalue weighted by atomic mass is 32.3. The van der Waals surface area contributed by atoms with Gasteiger partial charge in [-0.2, -0.15) is 0 Å². The fraction of sp³-hybridized carbons (Fsp3) is 1.00. The van der Waals surface area contributed by atoms with Gasteiger partial charge in [-0.15, -0.1) is 0 Å². The highest BCUT2D eigenvalue weighted by Gasteiger charge is 2.10. The molecule has 0 aromatic carbocycles. The molecule has 0 N–H and O–H groups in total. The molecular weight excluding hydrogens is 206 g/mol. The molecule has 0 bridgehead atoms. The van der Waals surface area contributed by atoms with Crippen LogP contribution in [-0.4, -0.2) is 51.2 Å². The molecule has 14 heavy (non-hydrogen) atoms. The summed E-state index contributed by atoms with van der Waals surface area (Å²) < 4.78 is 32.2. The second-order valence-electron chi connectivity index (χ2n) is 3.14. The topological polar surface area (TPSA) is 66.4 Å². The van der Waals surface area contributed by atoms with Crippen LogP contribution in [0.25, 0.3) is 0 Å². The van der Waals surface area contributed by atoms with Gasteiger partial charge in [-0.1, -0.05) is 0 Å². The van der Waals surface area contributed by atoms with Crippen molar-refractivity contribution >= 4 is 10.4 Å². The van der Waals surface area contributed by atoms with E-state index in [9.17, 15) is 13.0 Å². The summed E-state index contributed by atoms with van der Waals surface area (Å²) >= 11 is 0. The van der Waals surface area contributed by atoms with E-state index in [4.69, 9.17) is 0 Å². The Morgan fingerprint density at radius 1 is 1.14 bits per heavy atom. The van der Waals surface area contributed by atoms with Crippen LogP contribution in [0.2, 0.25) is 0 Å². The minimum absolute atomic E-state index is 0.808. The molecule has 0 aromatic rings. The van der Waals surface area contributed by atoms with Gasteiger partial charge < -0.3 is 9.04 Å². The number of hydrogen-bond acceptors (Lipinski definition) is 4. The van der Waals surface area contributed by atoms with E-state index in [0.29, 0.717) is 0 Å². The van der Waals surface area contributed by atoms with Gasteiger partial charge in [0.05, 0.1) is 33.8 Å². The average Bonchev–Trinajstić information content (AvgIpc) is 2.16. The van der Waals surface area contributed by atoms with Crippen molar-refractivity contribution in [2.24, 2.45) is 0 Å². The van der Waals surface area contributed by atoms with Gasteiger partial charge in [0, 0.05) is 0 Å². The molecule has 0 heterocycles. The average molecular weight is 227 g/mol. The van der Waals surface area contributed by atoms with Gasteiger partial charge in [-0.25, -0.2) is 8.42 Å². The van der Waals surface area contributed by atoms with Crippen LogP contribution in [0, 0.1) is 0 Å². The molecule has 0 spiro atoms. The van der Waals surface area contributed by atoms with Gasteiger partial charge >= 0.3 is 0 Å². The lowest BCUT2D eigenvalue weighted by Gasteiger charge is -2.30. The molecule has 0 aliphatic heterocycles. The van der Waals surface area contributed by atoms with E-state index >= 15 is 0 Å². The van der Waals surface area contributed by atoms with Crippen molar-refractivity contribution < 1.29 is 21.6 Å². The Hall–Kier alpha value is -0.170. The Balaban J connectivity index is 0. The van der Waals surface area contributed by atoms with Crippen LogP contribution in [-0.2, 0) is 14.6 Å². The zero-order valence-electron chi connectivity index (χ0n) is 9.61. The van der Waals surface area contributed by atoms with E-state index in [2.05, 4.69) is 32.0 Å². The van der Waals surface area contributed by atoms with E-state index < -0.39 is 10.4 Å². The van der Waals surface area contributed by atoms with Crippen molar-refractivity contribution in [2.75, 3.05) is 33.8 Å². The van der Waals surface area contributed by atoms with Crippen LogP contribution < -0.4 is 0 Å². The van der Waals surface area contributed by atoms with Crippen LogP contribution in [0.4, 0.5) is 0 Å². The molecular formula is C8H21NO4S. The van der Waals surface area contributed by atoms with Crippen LogP contribution in [0.1, 0.15) is 20.8 Å². The molecule has 0 unspecified atom stereocenters. The lowest BCUT2D eigenvalue weighted by Crippen LogP contribution is -2.42. The zero-order chi connectivity index (χ0) is 11.8. The molecule has 0 saturated carbocycles. The lowest BCUT2D eigenvalue weighted by molar-refractivity contribution is -0.904. The quantitative estimate of drug-likeness (QED) is 0.400. The molecule has 0 aliphatic rings. The van der Waals surface area contributed by atoms with Crippen molar-refractivity contribution in [3.8, 4) is 0 Å². The predicted molar refractivity (Wildman–Crippen MR) is 54.5 cm³/mol. The molecule has 0 atom stereocenters. The maximum Gasteiger partial charge on any atom is 0.217 e. The lowest BCUT2D eigenvalue weighted by atomic mass is 10.4. The van der Waals surface area contributed by atoms with Gasteiger partial charge in [0.25, 0.3) is 0 Å². The predicted octanol–water partition coefficient (Wildman–Crippen LogP) is 0.586. The molecule has 88 valence electrons. The van der Waals surface area contributed by atoms with Crippen molar-refractivity contribution in [2.45, 2.75) is 20.8 Å². The number of nitrogens with zero attached hydrogens (tertiary/aromatic N) is 1. The Morgan fingerprint density at radius 2 is 1.36 bits per heavy atom. The monoisotopic (exact) mass is 227 g/mol. The summed E-state index contributed by atoms with van der Waals surface area (Å²) in [5, 5.41) is 0. The summed E-state index contributed by atoms with van der Waals surface area (Å²) in [5.41, 5.74) is 0. The van der Waals surface area contributed by atoms with E-state index in [1.807, 2.05) is 0 Å². The zero-order valence-corrected chi connectivity index (χ0v) is 10.4. The third-order valence-corrected chi connectivity index (χ3v) is 2.90. The molecule has 0 radical (unpaired) electrons. The SMILES string of the molecule is CC[N+](C)(CC)CC.COS(=O)(=O)[O-]. The first-order chi connectivity index (χ1) is 6.24. The largest absolute Gasteiger partial charge is 0.726 e. The summed E-state index contributed by atoms with van der Waals surface area (Å²) in [4.78, 5) is 0. The molecule has 0 aliphatic carbocycles. The maximum absolute atomic E-state index is 9.22. The highest BCUT2D eigenvalue weighted by molar-refractivity contribution is 7.80. The highest BCUT2D eigenvalue weighted by Crippen LogP contribution is 1.97. The number of rotatable bonds is 4. The third-order valence-electron chi connectivity index (χ3n) is 2.49. The van der Waals surface area contributed by atoms with E-state index in [0.717, 1.165) is 7.11 Å². The summed E-state index contributed by atoms with van der Waals surface area (Å²) in [6, 6.07) is 0. The third kappa shape index (κ3) is 9.91. The Kier molecular flexibility index (Phi) is 8.33. The van der Waals surface area contributed by atoms with Gasteiger partial charge in [0.15, 0.2) is 0 Å². The van der Waals surface area contributed by atoms with E-state index in [1.54, 1.807) is 0 Å².